The van der Waals surface area contributed by atoms with Gasteiger partial charge in [0.15, 0.2) is 0 Å². The Morgan fingerprint density at radius 2 is 2.00 bits per heavy atom. The van der Waals surface area contributed by atoms with Crippen molar-refractivity contribution in [2.45, 2.75) is 18.9 Å². The Morgan fingerprint density at radius 3 is 2.43 bits per heavy atom. The maximum atomic E-state index is 10.2. The van der Waals surface area contributed by atoms with E-state index in [0.717, 1.165) is 5.56 Å². The van der Waals surface area contributed by atoms with Crippen LogP contribution in [0.5, 0.6) is 0 Å². The smallest absolute Gasteiger partial charge is 0.110 e. The quantitative estimate of drug-likeness (QED) is 0.648. The number of halogens is 1. The molecule has 1 rings (SSSR count). The summed E-state index contributed by atoms with van der Waals surface area (Å²) in [5, 5.41) is 10.6. The van der Waals surface area contributed by atoms with Gasteiger partial charge in [-0.3, -0.25) is 0 Å². The fourth-order valence-electron chi connectivity index (χ4n) is 1.26. The van der Waals surface area contributed by atoms with Crippen molar-refractivity contribution in [3.05, 3.63) is 35.4 Å². The highest BCUT2D eigenvalue weighted by Gasteiger charge is 2.26. The lowest BCUT2D eigenvalue weighted by molar-refractivity contribution is 0.0696. The van der Waals surface area contributed by atoms with Gasteiger partial charge in [-0.2, -0.15) is 0 Å². The molecule has 0 radical (unpaired) electrons. The minimum atomic E-state index is -0.942. The zero-order valence-electron chi connectivity index (χ0n) is 8.13. The van der Waals surface area contributed by atoms with Crippen molar-refractivity contribution in [1.82, 2.24) is 0 Å². The molecule has 0 saturated carbocycles. The number of benzene rings is 1. The average molecular weight is 253 g/mol. The molecule has 14 heavy (non-hydrogen) atoms. The second-order valence-electron chi connectivity index (χ2n) is 3.41. The standard InChI is InChI=1S/C12H13BrO/c1-3-8-12(14,9-13)11-6-4-10(2)5-7-11/h1,4-7,14H,8-9H2,2H3. The molecular weight excluding hydrogens is 240 g/mol. The van der Waals surface area contributed by atoms with Crippen LogP contribution >= 0.6 is 15.9 Å². The SMILES string of the molecule is C#CCC(O)(CBr)c1ccc(C)cc1. The van der Waals surface area contributed by atoms with Gasteiger partial charge in [0.1, 0.15) is 5.60 Å². The van der Waals surface area contributed by atoms with Crippen LogP contribution in [-0.2, 0) is 5.60 Å². The van der Waals surface area contributed by atoms with Crippen molar-refractivity contribution < 1.29 is 5.11 Å². The van der Waals surface area contributed by atoms with Crippen LogP contribution in [0.4, 0.5) is 0 Å². The number of alkyl halides is 1. The van der Waals surface area contributed by atoms with Gasteiger partial charge in [0.2, 0.25) is 0 Å². The highest BCUT2D eigenvalue weighted by atomic mass is 79.9. The van der Waals surface area contributed by atoms with E-state index >= 15 is 0 Å². The zero-order valence-corrected chi connectivity index (χ0v) is 9.71. The number of aliphatic hydroxyl groups is 1. The van der Waals surface area contributed by atoms with E-state index in [4.69, 9.17) is 6.42 Å². The molecule has 1 nitrogen and oxygen atoms in total. The van der Waals surface area contributed by atoms with Gasteiger partial charge in [0, 0.05) is 11.8 Å². The van der Waals surface area contributed by atoms with Gasteiger partial charge in [0.05, 0.1) is 0 Å². The summed E-state index contributed by atoms with van der Waals surface area (Å²) in [6, 6.07) is 7.76. The Morgan fingerprint density at radius 1 is 1.43 bits per heavy atom. The fourth-order valence-corrected chi connectivity index (χ4v) is 1.78. The summed E-state index contributed by atoms with van der Waals surface area (Å²) in [5.41, 5.74) is 1.09. The molecule has 0 spiro atoms. The molecule has 0 aromatic heterocycles. The van der Waals surface area contributed by atoms with Crippen molar-refractivity contribution in [1.29, 1.82) is 0 Å². The van der Waals surface area contributed by atoms with Crippen molar-refractivity contribution in [3.63, 3.8) is 0 Å². The molecule has 0 fully saturated rings. The Balaban J connectivity index is 3.01. The summed E-state index contributed by atoms with van der Waals surface area (Å²) in [5.74, 6) is 2.49. The Hall–Kier alpha value is -0.780. The van der Waals surface area contributed by atoms with Crippen molar-refractivity contribution in [2.75, 3.05) is 5.33 Å². The third-order valence-electron chi connectivity index (χ3n) is 2.20. The van der Waals surface area contributed by atoms with Gasteiger partial charge in [0.25, 0.3) is 0 Å². The molecule has 74 valence electrons. The molecule has 0 heterocycles. The third-order valence-corrected chi connectivity index (χ3v) is 3.13. The first kappa shape index (κ1) is 11.3. The molecule has 1 aromatic carbocycles. The molecule has 1 unspecified atom stereocenters. The van der Waals surface area contributed by atoms with Gasteiger partial charge in [-0.15, -0.1) is 12.3 Å². The molecule has 0 aliphatic rings. The van der Waals surface area contributed by atoms with Crippen molar-refractivity contribution >= 4 is 15.9 Å². The first-order valence-electron chi connectivity index (χ1n) is 4.41. The van der Waals surface area contributed by atoms with Gasteiger partial charge < -0.3 is 5.11 Å². The predicted molar refractivity (Wildman–Crippen MR) is 62.3 cm³/mol. The molecule has 2 heteroatoms. The largest absolute Gasteiger partial charge is 0.383 e. The minimum absolute atomic E-state index is 0.321. The number of hydrogen-bond acceptors (Lipinski definition) is 1. The van der Waals surface area contributed by atoms with E-state index in [2.05, 4.69) is 21.9 Å². The first-order valence-corrected chi connectivity index (χ1v) is 5.53. The van der Waals surface area contributed by atoms with Crippen LogP contribution < -0.4 is 0 Å². The lowest BCUT2D eigenvalue weighted by atomic mass is 9.92. The van der Waals surface area contributed by atoms with Crippen molar-refractivity contribution in [3.8, 4) is 12.3 Å². The van der Waals surface area contributed by atoms with Crippen LogP contribution in [0.15, 0.2) is 24.3 Å². The van der Waals surface area contributed by atoms with E-state index in [9.17, 15) is 5.11 Å². The second kappa shape index (κ2) is 4.63. The van der Waals surface area contributed by atoms with E-state index < -0.39 is 5.60 Å². The number of terminal acetylenes is 1. The second-order valence-corrected chi connectivity index (χ2v) is 3.97. The predicted octanol–water partition coefficient (Wildman–Crippen LogP) is 2.60. The first-order chi connectivity index (χ1) is 6.62. The summed E-state index contributed by atoms with van der Waals surface area (Å²) in [7, 11) is 0. The maximum Gasteiger partial charge on any atom is 0.110 e. The number of hydrogen-bond donors (Lipinski definition) is 1. The van der Waals surface area contributed by atoms with E-state index in [1.165, 1.54) is 5.56 Å². The van der Waals surface area contributed by atoms with Crippen molar-refractivity contribution in [2.24, 2.45) is 0 Å². The summed E-state index contributed by atoms with van der Waals surface area (Å²) >= 11 is 3.28. The summed E-state index contributed by atoms with van der Waals surface area (Å²) in [4.78, 5) is 0. The minimum Gasteiger partial charge on any atom is -0.383 e. The van der Waals surface area contributed by atoms with E-state index in [0.29, 0.717) is 11.8 Å². The van der Waals surface area contributed by atoms with Gasteiger partial charge in [-0.25, -0.2) is 0 Å². The van der Waals surface area contributed by atoms with E-state index in [1.54, 1.807) is 0 Å². The molecule has 1 N–H and O–H groups in total. The summed E-state index contributed by atoms with van der Waals surface area (Å²) in [6.45, 7) is 2.01. The molecule has 1 atom stereocenters. The molecular formula is C12H13BrO. The molecule has 0 aliphatic carbocycles. The van der Waals surface area contributed by atoms with Crippen LogP contribution in [0.3, 0.4) is 0 Å². The van der Waals surface area contributed by atoms with Crippen LogP contribution in [-0.4, -0.2) is 10.4 Å². The fraction of sp³-hybridized carbons (Fsp3) is 0.333. The van der Waals surface area contributed by atoms with Crippen LogP contribution in [0, 0.1) is 19.3 Å². The molecule has 0 bridgehead atoms. The van der Waals surface area contributed by atoms with Crippen LogP contribution in [0.2, 0.25) is 0 Å². The monoisotopic (exact) mass is 252 g/mol. The highest BCUT2D eigenvalue weighted by molar-refractivity contribution is 9.09. The number of rotatable bonds is 3. The lowest BCUT2D eigenvalue weighted by Gasteiger charge is -2.24. The molecule has 0 saturated heterocycles. The Labute approximate surface area is 93.3 Å². The van der Waals surface area contributed by atoms with E-state index in [-0.39, 0.29) is 0 Å². The molecule has 1 aromatic rings. The Kier molecular flexibility index (Phi) is 3.74. The topological polar surface area (TPSA) is 20.2 Å². The average Bonchev–Trinajstić information content (AvgIpc) is 2.19. The summed E-state index contributed by atoms with van der Waals surface area (Å²) < 4.78 is 0. The summed E-state index contributed by atoms with van der Waals surface area (Å²) in [6.07, 6.45) is 5.55. The number of aryl methyl sites for hydroxylation is 1. The van der Waals surface area contributed by atoms with Gasteiger partial charge >= 0.3 is 0 Å². The lowest BCUT2D eigenvalue weighted by Crippen LogP contribution is -2.26. The van der Waals surface area contributed by atoms with Crippen LogP contribution in [0.1, 0.15) is 17.5 Å². The van der Waals surface area contributed by atoms with Crippen LogP contribution in [0.25, 0.3) is 0 Å². The molecule has 0 aliphatic heterocycles. The zero-order chi connectivity index (χ0) is 10.6. The van der Waals surface area contributed by atoms with Gasteiger partial charge in [-0.1, -0.05) is 45.8 Å². The Bertz CT molecular complexity index is 336. The normalized spacial score (nSPS) is 14.4. The highest BCUT2D eigenvalue weighted by Crippen LogP contribution is 2.26. The van der Waals surface area contributed by atoms with Gasteiger partial charge in [-0.05, 0) is 12.5 Å². The third kappa shape index (κ3) is 2.37. The molecule has 0 amide bonds. The van der Waals surface area contributed by atoms with E-state index in [1.807, 2.05) is 31.2 Å². The maximum absolute atomic E-state index is 10.2.